The fourth-order valence-electron chi connectivity index (χ4n) is 2.29. The van der Waals surface area contributed by atoms with Crippen molar-refractivity contribution in [3.63, 3.8) is 0 Å². The van der Waals surface area contributed by atoms with Crippen molar-refractivity contribution in [3.05, 3.63) is 41.2 Å². The SMILES string of the molecule is COc1cc(OC)nc(C(O)c2cccc(COCC(C)C)c2N)n1. The fourth-order valence-corrected chi connectivity index (χ4v) is 2.29. The van der Waals surface area contributed by atoms with Gasteiger partial charge in [-0.05, 0) is 5.92 Å². The third kappa shape index (κ3) is 4.80. The molecular weight excluding hydrogens is 322 g/mol. The van der Waals surface area contributed by atoms with E-state index in [1.54, 1.807) is 6.07 Å². The van der Waals surface area contributed by atoms with Crippen molar-refractivity contribution in [2.75, 3.05) is 26.6 Å². The van der Waals surface area contributed by atoms with Gasteiger partial charge in [0, 0.05) is 23.4 Å². The predicted molar refractivity (Wildman–Crippen MR) is 94.5 cm³/mol. The summed E-state index contributed by atoms with van der Waals surface area (Å²) in [5.41, 5.74) is 8.01. The summed E-state index contributed by atoms with van der Waals surface area (Å²) < 4.78 is 15.9. The van der Waals surface area contributed by atoms with Crippen molar-refractivity contribution in [3.8, 4) is 11.8 Å². The molecule has 0 fully saturated rings. The van der Waals surface area contributed by atoms with Crippen molar-refractivity contribution in [2.45, 2.75) is 26.6 Å². The maximum Gasteiger partial charge on any atom is 0.220 e. The molecule has 3 N–H and O–H groups in total. The highest BCUT2D eigenvalue weighted by Gasteiger charge is 2.20. The number of methoxy groups -OCH3 is 2. The number of aromatic nitrogens is 2. The van der Waals surface area contributed by atoms with Gasteiger partial charge < -0.3 is 25.1 Å². The second kappa shape index (κ2) is 8.64. The molecule has 1 aromatic carbocycles. The summed E-state index contributed by atoms with van der Waals surface area (Å²) in [6.45, 7) is 5.18. The molecule has 0 aliphatic rings. The zero-order valence-corrected chi connectivity index (χ0v) is 15.0. The number of hydrogen-bond acceptors (Lipinski definition) is 7. The third-order valence-electron chi connectivity index (χ3n) is 3.59. The van der Waals surface area contributed by atoms with Gasteiger partial charge in [0.2, 0.25) is 11.8 Å². The summed E-state index contributed by atoms with van der Waals surface area (Å²) in [6, 6.07) is 6.97. The molecule has 0 aliphatic carbocycles. The molecule has 1 atom stereocenters. The van der Waals surface area contributed by atoms with Gasteiger partial charge in [-0.1, -0.05) is 32.0 Å². The second-order valence-corrected chi connectivity index (χ2v) is 6.04. The van der Waals surface area contributed by atoms with Gasteiger partial charge in [0.1, 0.15) is 6.10 Å². The normalized spacial score (nSPS) is 12.2. The maximum atomic E-state index is 10.7. The van der Waals surface area contributed by atoms with Crippen LogP contribution < -0.4 is 15.2 Å². The zero-order chi connectivity index (χ0) is 18.4. The number of benzene rings is 1. The van der Waals surface area contributed by atoms with Gasteiger partial charge in [-0.3, -0.25) is 0 Å². The van der Waals surface area contributed by atoms with Crippen LogP contribution in [0.15, 0.2) is 24.3 Å². The number of aliphatic hydroxyl groups is 1. The van der Waals surface area contributed by atoms with Crippen molar-refractivity contribution in [2.24, 2.45) is 5.92 Å². The molecule has 1 unspecified atom stereocenters. The van der Waals surface area contributed by atoms with E-state index in [-0.39, 0.29) is 5.82 Å². The quantitative estimate of drug-likeness (QED) is 0.707. The molecule has 0 bridgehead atoms. The number of anilines is 1. The van der Waals surface area contributed by atoms with Crippen molar-refractivity contribution < 1.29 is 19.3 Å². The molecular formula is C18H25N3O4. The Morgan fingerprint density at radius 2 is 1.76 bits per heavy atom. The van der Waals surface area contributed by atoms with Crippen LogP contribution in [0.4, 0.5) is 5.69 Å². The van der Waals surface area contributed by atoms with Crippen LogP contribution in [-0.4, -0.2) is 35.9 Å². The Kier molecular flexibility index (Phi) is 6.55. The Morgan fingerprint density at radius 1 is 1.12 bits per heavy atom. The van der Waals surface area contributed by atoms with Gasteiger partial charge in [0.25, 0.3) is 0 Å². The number of ether oxygens (including phenoxy) is 3. The monoisotopic (exact) mass is 347 g/mol. The van der Waals surface area contributed by atoms with E-state index >= 15 is 0 Å². The summed E-state index contributed by atoms with van der Waals surface area (Å²) >= 11 is 0. The van der Waals surface area contributed by atoms with Gasteiger partial charge in [-0.25, -0.2) is 0 Å². The summed E-state index contributed by atoms with van der Waals surface area (Å²) in [7, 11) is 2.97. The molecule has 0 saturated carbocycles. The standard InChI is InChI=1S/C18H25N3O4/c1-11(2)9-25-10-12-6-5-7-13(16(12)19)17(22)18-20-14(23-3)8-15(21-18)24-4/h5-8,11,17,22H,9-10,19H2,1-4H3. The van der Waals surface area contributed by atoms with Crippen molar-refractivity contribution in [1.82, 2.24) is 9.97 Å². The molecule has 0 amide bonds. The number of rotatable bonds is 8. The van der Waals surface area contributed by atoms with E-state index in [9.17, 15) is 5.11 Å². The molecule has 7 heteroatoms. The molecule has 1 aromatic heterocycles. The maximum absolute atomic E-state index is 10.7. The number of nitrogens with zero attached hydrogens (tertiary/aromatic N) is 2. The van der Waals surface area contributed by atoms with E-state index in [0.717, 1.165) is 5.56 Å². The Labute approximate surface area is 147 Å². The number of nitrogens with two attached hydrogens (primary N) is 1. The Hall–Kier alpha value is -2.38. The Balaban J connectivity index is 2.28. The number of aliphatic hydroxyl groups excluding tert-OH is 1. The fraction of sp³-hybridized carbons (Fsp3) is 0.444. The molecule has 0 spiro atoms. The first-order valence-corrected chi connectivity index (χ1v) is 8.06. The van der Waals surface area contributed by atoms with E-state index in [1.807, 2.05) is 12.1 Å². The lowest BCUT2D eigenvalue weighted by Crippen LogP contribution is -2.11. The molecule has 2 aromatic rings. The predicted octanol–water partition coefficient (Wildman–Crippen LogP) is 2.33. The molecule has 7 nitrogen and oxygen atoms in total. The second-order valence-electron chi connectivity index (χ2n) is 6.04. The highest BCUT2D eigenvalue weighted by molar-refractivity contribution is 5.55. The van der Waals surface area contributed by atoms with E-state index in [1.165, 1.54) is 20.3 Å². The zero-order valence-electron chi connectivity index (χ0n) is 15.0. The van der Waals surface area contributed by atoms with Gasteiger partial charge in [0.05, 0.1) is 26.9 Å². The first-order chi connectivity index (χ1) is 12.0. The van der Waals surface area contributed by atoms with Crippen LogP contribution in [-0.2, 0) is 11.3 Å². The minimum absolute atomic E-state index is 0.156. The summed E-state index contributed by atoms with van der Waals surface area (Å²) in [5, 5.41) is 10.7. The summed E-state index contributed by atoms with van der Waals surface area (Å²) in [6.07, 6.45) is -1.10. The van der Waals surface area contributed by atoms with Crippen molar-refractivity contribution >= 4 is 5.69 Å². The van der Waals surface area contributed by atoms with E-state index in [0.29, 0.717) is 42.1 Å². The average molecular weight is 347 g/mol. The van der Waals surface area contributed by atoms with Crippen LogP contribution in [0.5, 0.6) is 11.8 Å². The van der Waals surface area contributed by atoms with Crippen LogP contribution >= 0.6 is 0 Å². The number of para-hydroxylation sites is 1. The highest BCUT2D eigenvalue weighted by atomic mass is 16.5. The lowest BCUT2D eigenvalue weighted by molar-refractivity contribution is 0.0973. The first-order valence-electron chi connectivity index (χ1n) is 8.06. The smallest absolute Gasteiger partial charge is 0.220 e. The van der Waals surface area contributed by atoms with Gasteiger partial charge in [-0.15, -0.1) is 0 Å². The lowest BCUT2D eigenvalue weighted by atomic mass is 10.0. The van der Waals surface area contributed by atoms with Crippen LogP contribution in [0.3, 0.4) is 0 Å². The van der Waals surface area contributed by atoms with Gasteiger partial charge in [0.15, 0.2) is 5.82 Å². The van der Waals surface area contributed by atoms with Gasteiger partial charge in [-0.2, -0.15) is 9.97 Å². The molecule has 0 saturated heterocycles. The summed E-state index contributed by atoms with van der Waals surface area (Å²) in [5.74, 6) is 1.20. The average Bonchev–Trinajstić information content (AvgIpc) is 2.61. The molecule has 1 heterocycles. The van der Waals surface area contributed by atoms with Gasteiger partial charge >= 0.3 is 0 Å². The number of nitrogen functional groups attached to an aromatic ring is 1. The van der Waals surface area contributed by atoms with E-state index in [2.05, 4.69) is 23.8 Å². The first kappa shape index (κ1) is 19.0. The Bertz CT molecular complexity index is 684. The third-order valence-corrected chi connectivity index (χ3v) is 3.59. The van der Waals surface area contributed by atoms with Crippen LogP contribution in [0, 0.1) is 5.92 Å². The van der Waals surface area contributed by atoms with Crippen LogP contribution in [0.1, 0.15) is 36.9 Å². The topological polar surface area (TPSA) is 99.7 Å². The molecule has 0 aliphatic heterocycles. The largest absolute Gasteiger partial charge is 0.481 e. The number of hydrogen-bond donors (Lipinski definition) is 2. The van der Waals surface area contributed by atoms with E-state index < -0.39 is 6.10 Å². The highest BCUT2D eigenvalue weighted by Crippen LogP contribution is 2.29. The molecule has 0 radical (unpaired) electrons. The summed E-state index contributed by atoms with van der Waals surface area (Å²) in [4.78, 5) is 8.36. The molecule has 136 valence electrons. The Morgan fingerprint density at radius 3 is 2.32 bits per heavy atom. The van der Waals surface area contributed by atoms with E-state index in [4.69, 9.17) is 19.9 Å². The minimum atomic E-state index is -1.10. The molecule has 25 heavy (non-hydrogen) atoms. The van der Waals surface area contributed by atoms with Crippen LogP contribution in [0.2, 0.25) is 0 Å². The van der Waals surface area contributed by atoms with Crippen molar-refractivity contribution in [1.29, 1.82) is 0 Å². The molecule has 2 rings (SSSR count). The van der Waals surface area contributed by atoms with Crippen LogP contribution in [0.25, 0.3) is 0 Å². The minimum Gasteiger partial charge on any atom is -0.481 e. The lowest BCUT2D eigenvalue weighted by Gasteiger charge is -2.16.